The van der Waals surface area contributed by atoms with Crippen LogP contribution in [-0.4, -0.2) is 21.6 Å². The third-order valence-electron chi connectivity index (χ3n) is 1.56. The Labute approximate surface area is 88.9 Å². The van der Waals surface area contributed by atoms with Crippen molar-refractivity contribution in [2.75, 3.05) is 13.2 Å². The Morgan fingerprint density at radius 1 is 1.20 bits per heavy atom. The van der Waals surface area contributed by atoms with E-state index in [0.29, 0.717) is 0 Å². The Morgan fingerprint density at radius 2 is 1.87 bits per heavy atom. The molecule has 0 atom stereocenters. The molecule has 0 aromatic heterocycles. The van der Waals surface area contributed by atoms with E-state index in [2.05, 4.69) is 4.18 Å². The monoisotopic (exact) mass is 227 g/mol. The van der Waals surface area contributed by atoms with E-state index >= 15 is 0 Å². The Hall–Kier alpha value is -1.17. The highest BCUT2D eigenvalue weighted by atomic mass is 32.2. The molecule has 0 fully saturated rings. The Bertz CT molecular complexity index is 408. The van der Waals surface area contributed by atoms with Gasteiger partial charge in [-0.05, 0) is 11.6 Å². The summed E-state index contributed by atoms with van der Waals surface area (Å²) in [5.41, 5.74) is 0.756. The molecule has 0 saturated heterocycles. The largest absolute Gasteiger partial charge is 0.290 e. The van der Waals surface area contributed by atoms with Gasteiger partial charge in [0, 0.05) is 0 Å². The van der Waals surface area contributed by atoms with Gasteiger partial charge in [0.1, 0.15) is 6.61 Å². The van der Waals surface area contributed by atoms with E-state index in [1.807, 2.05) is 6.07 Å². The zero-order valence-corrected chi connectivity index (χ0v) is 8.81. The van der Waals surface area contributed by atoms with Crippen molar-refractivity contribution in [2.45, 2.75) is 0 Å². The second-order valence-corrected chi connectivity index (χ2v) is 4.23. The van der Waals surface area contributed by atoms with Gasteiger partial charge in [-0.3, -0.25) is 4.18 Å². The highest BCUT2D eigenvalue weighted by Crippen LogP contribution is 2.04. The van der Waals surface area contributed by atoms with Gasteiger partial charge in [-0.1, -0.05) is 30.3 Å². The summed E-state index contributed by atoms with van der Waals surface area (Å²) in [5, 5.41) is 11.0. The molecule has 1 radical (unpaired) electrons. The van der Waals surface area contributed by atoms with Crippen molar-refractivity contribution < 1.29 is 17.7 Å². The molecule has 0 aliphatic heterocycles. The number of rotatable bonds is 5. The van der Waals surface area contributed by atoms with Crippen molar-refractivity contribution in [2.24, 2.45) is 0 Å². The Balaban J connectivity index is 2.65. The smallest absolute Gasteiger partial charge is 0.264 e. The Morgan fingerprint density at radius 3 is 2.47 bits per heavy atom. The van der Waals surface area contributed by atoms with Crippen molar-refractivity contribution in [3.05, 3.63) is 41.3 Å². The van der Waals surface area contributed by atoms with Crippen molar-refractivity contribution in [1.29, 1.82) is 0 Å². The zero-order valence-electron chi connectivity index (χ0n) is 8.00. The van der Waals surface area contributed by atoms with Crippen LogP contribution in [0.2, 0.25) is 0 Å². The second-order valence-electron chi connectivity index (χ2n) is 2.73. The average molecular weight is 227 g/mol. The lowest BCUT2D eigenvalue weighted by atomic mass is 10.2. The van der Waals surface area contributed by atoms with E-state index in [1.54, 1.807) is 24.3 Å². The highest BCUT2D eigenvalue weighted by Gasteiger charge is 2.04. The fraction of sp³-hybridized carbons (Fsp3) is 0.200. The normalized spacial score (nSPS) is 12.1. The maximum absolute atomic E-state index is 11.1. The van der Waals surface area contributed by atoms with Gasteiger partial charge in [-0.2, -0.15) is 8.42 Å². The summed E-state index contributed by atoms with van der Waals surface area (Å²) in [7, 11) is -3.72. The van der Waals surface area contributed by atoms with E-state index in [0.717, 1.165) is 11.0 Å². The maximum atomic E-state index is 11.1. The third kappa shape index (κ3) is 4.73. The molecular weight excluding hydrogens is 216 g/mol. The van der Waals surface area contributed by atoms with Crippen LogP contribution in [0.4, 0.5) is 0 Å². The maximum Gasteiger partial charge on any atom is 0.290 e. The van der Waals surface area contributed by atoms with Gasteiger partial charge in [-0.25, -0.2) is 5.11 Å². The molecule has 1 aromatic rings. The standard InChI is InChI=1S/C10H11O4S/c11-7-8-14-15(12,13)9-6-10-4-2-1-3-5-10/h1-6,9H,7-8H2. The van der Waals surface area contributed by atoms with Crippen LogP contribution in [0.5, 0.6) is 0 Å². The lowest BCUT2D eigenvalue weighted by molar-refractivity contribution is 0.142. The molecule has 0 spiro atoms. The van der Waals surface area contributed by atoms with Crippen LogP contribution >= 0.6 is 0 Å². The molecule has 0 heterocycles. The van der Waals surface area contributed by atoms with Crippen LogP contribution in [0.15, 0.2) is 35.7 Å². The first-order valence-electron chi connectivity index (χ1n) is 4.35. The molecule has 4 nitrogen and oxygen atoms in total. The molecule has 0 saturated carbocycles. The molecule has 0 N–H and O–H groups in total. The van der Waals surface area contributed by atoms with Crippen molar-refractivity contribution in [3.63, 3.8) is 0 Å². The minimum absolute atomic E-state index is 0.332. The number of hydrogen-bond donors (Lipinski definition) is 0. The SMILES string of the molecule is [O]CCOS(=O)(=O)C=Cc1ccccc1. The topological polar surface area (TPSA) is 63.3 Å². The van der Waals surface area contributed by atoms with Gasteiger partial charge in [0.25, 0.3) is 10.1 Å². The van der Waals surface area contributed by atoms with Crippen LogP contribution in [-0.2, 0) is 19.4 Å². The van der Waals surface area contributed by atoms with Crippen LogP contribution in [0.25, 0.3) is 6.08 Å². The lowest BCUT2D eigenvalue weighted by Gasteiger charge is -1.97. The second kappa shape index (κ2) is 5.65. The third-order valence-corrected chi connectivity index (χ3v) is 2.52. The predicted octanol–water partition coefficient (Wildman–Crippen LogP) is 1.43. The molecule has 1 aromatic carbocycles. The van der Waals surface area contributed by atoms with E-state index in [1.165, 1.54) is 6.08 Å². The molecule has 0 amide bonds. The van der Waals surface area contributed by atoms with E-state index < -0.39 is 16.7 Å². The molecule has 0 aliphatic carbocycles. The van der Waals surface area contributed by atoms with Crippen LogP contribution in [0.3, 0.4) is 0 Å². The van der Waals surface area contributed by atoms with Crippen LogP contribution in [0.1, 0.15) is 5.56 Å². The summed E-state index contributed by atoms with van der Waals surface area (Å²) in [6.07, 6.45) is 1.42. The Kier molecular flexibility index (Phi) is 4.48. The zero-order chi connectivity index (χ0) is 11.1. The number of benzene rings is 1. The van der Waals surface area contributed by atoms with Gasteiger partial charge in [0.15, 0.2) is 0 Å². The molecule has 0 unspecified atom stereocenters. The lowest BCUT2D eigenvalue weighted by Crippen LogP contribution is -2.05. The highest BCUT2D eigenvalue weighted by molar-refractivity contribution is 7.89. The van der Waals surface area contributed by atoms with E-state index in [-0.39, 0.29) is 6.61 Å². The molecule has 1 rings (SSSR count). The van der Waals surface area contributed by atoms with Gasteiger partial charge < -0.3 is 0 Å². The number of hydrogen-bond acceptors (Lipinski definition) is 3. The summed E-state index contributed by atoms with van der Waals surface area (Å²) >= 11 is 0. The first-order chi connectivity index (χ1) is 7.14. The molecule has 15 heavy (non-hydrogen) atoms. The summed E-state index contributed by atoms with van der Waals surface area (Å²) in [6, 6.07) is 8.95. The molecule has 0 aliphatic rings. The minimum atomic E-state index is -3.72. The fourth-order valence-electron chi connectivity index (χ4n) is 0.916. The average Bonchev–Trinajstić information content (AvgIpc) is 2.25. The van der Waals surface area contributed by atoms with Crippen LogP contribution in [0, 0.1) is 0 Å². The first-order valence-corrected chi connectivity index (χ1v) is 5.82. The molecule has 81 valence electrons. The minimum Gasteiger partial charge on any atom is -0.264 e. The summed E-state index contributed by atoms with van der Waals surface area (Å²) < 4.78 is 26.6. The van der Waals surface area contributed by atoms with Gasteiger partial charge in [0.05, 0.1) is 12.0 Å². The van der Waals surface area contributed by atoms with Gasteiger partial charge >= 0.3 is 0 Å². The van der Waals surface area contributed by atoms with Gasteiger partial charge in [-0.15, -0.1) is 0 Å². The molecular formula is C10H11O4S. The summed E-state index contributed by atoms with van der Waals surface area (Å²) in [5.74, 6) is 0. The predicted molar refractivity (Wildman–Crippen MR) is 55.9 cm³/mol. The summed E-state index contributed by atoms with van der Waals surface area (Å²) in [4.78, 5) is 0. The van der Waals surface area contributed by atoms with Crippen LogP contribution < -0.4 is 0 Å². The van der Waals surface area contributed by atoms with Gasteiger partial charge in [0.2, 0.25) is 0 Å². The van der Waals surface area contributed by atoms with E-state index in [4.69, 9.17) is 0 Å². The van der Waals surface area contributed by atoms with Crippen molar-refractivity contribution >= 4 is 16.2 Å². The van der Waals surface area contributed by atoms with Crippen molar-refractivity contribution in [1.82, 2.24) is 0 Å². The fourth-order valence-corrected chi connectivity index (χ4v) is 1.62. The molecule has 5 heteroatoms. The molecule has 0 bridgehead atoms. The summed E-state index contributed by atoms with van der Waals surface area (Å²) in [6.45, 7) is -0.903. The quantitative estimate of drug-likeness (QED) is 0.715. The van der Waals surface area contributed by atoms with E-state index in [9.17, 15) is 13.5 Å². The first kappa shape index (κ1) is 11.9. The van der Waals surface area contributed by atoms with Crippen molar-refractivity contribution in [3.8, 4) is 0 Å².